The molecule has 0 atom stereocenters. The van der Waals surface area contributed by atoms with E-state index in [-0.39, 0.29) is 5.78 Å². The summed E-state index contributed by atoms with van der Waals surface area (Å²) in [6.45, 7) is 3.62. The van der Waals surface area contributed by atoms with Crippen LogP contribution in [0.3, 0.4) is 0 Å². The molecule has 1 aromatic heterocycles. The van der Waals surface area contributed by atoms with E-state index >= 15 is 0 Å². The molecule has 1 aromatic carbocycles. The summed E-state index contributed by atoms with van der Waals surface area (Å²) in [6.07, 6.45) is 6.29. The Balaban J connectivity index is 1.80. The van der Waals surface area contributed by atoms with E-state index in [0.29, 0.717) is 17.4 Å². The highest BCUT2D eigenvalue weighted by molar-refractivity contribution is 7.98. The highest BCUT2D eigenvalue weighted by atomic mass is 32.2. The third-order valence-corrected chi connectivity index (χ3v) is 5.81. The van der Waals surface area contributed by atoms with Gasteiger partial charge in [-0.25, -0.2) is 0 Å². The quantitative estimate of drug-likeness (QED) is 0.557. The van der Waals surface area contributed by atoms with Gasteiger partial charge in [-0.2, -0.15) is 0 Å². The second-order valence-electron chi connectivity index (χ2n) is 6.56. The molecular weight excluding hydrogens is 334 g/mol. The van der Waals surface area contributed by atoms with Crippen molar-refractivity contribution in [1.82, 2.24) is 14.8 Å². The summed E-state index contributed by atoms with van der Waals surface area (Å²) < 4.78 is 7.75. The maximum absolute atomic E-state index is 11.7. The summed E-state index contributed by atoms with van der Waals surface area (Å²) in [5.74, 6) is 2.56. The van der Waals surface area contributed by atoms with E-state index in [4.69, 9.17) is 4.74 Å². The Morgan fingerprint density at radius 1 is 1.28 bits per heavy atom. The summed E-state index contributed by atoms with van der Waals surface area (Å²) in [5.41, 5.74) is 1.72. The van der Waals surface area contributed by atoms with Crippen LogP contribution in [0.15, 0.2) is 23.4 Å². The van der Waals surface area contributed by atoms with Gasteiger partial charge in [-0.05, 0) is 44.9 Å². The summed E-state index contributed by atoms with van der Waals surface area (Å²) in [6, 6.07) is 6.10. The molecule has 2 aromatic rings. The molecule has 0 spiro atoms. The first kappa shape index (κ1) is 18.0. The number of methoxy groups -OCH3 is 1. The Labute approximate surface area is 153 Å². The lowest BCUT2D eigenvalue weighted by Gasteiger charge is -2.25. The van der Waals surface area contributed by atoms with Crippen LogP contribution in [0.5, 0.6) is 5.75 Å². The predicted octanol–water partition coefficient (Wildman–Crippen LogP) is 4.60. The van der Waals surface area contributed by atoms with Crippen LogP contribution in [-0.4, -0.2) is 27.7 Å². The Morgan fingerprint density at radius 3 is 2.72 bits per heavy atom. The van der Waals surface area contributed by atoms with E-state index in [9.17, 15) is 4.79 Å². The number of aromatic nitrogens is 3. The van der Waals surface area contributed by atoms with E-state index in [1.54, 1.807) is 25.8 Å². The first-order valence-corrected chi connectivity index (χ1v) is 9.81. The van der Waals surface area contributed by atoms with Gasteiger partial charge >= 0.3 is 0 Å². The van der Waals surface area contributed by atoms with Crippen LogP contribution in [0, 0.1) is 6.92 Å². The lowest BCUT2D eigenvalue weighted by Crippen LogP contribution is -2.15. The standard InChI is InChI=1S/C19H25N3O2S/c1-13(23)15-9-10-18(24-3)16(11-15)12-25-19-21-20-14(2)22(19)17-7-5-4-6-8-17/h9-11,17H,4-8,12H2,1-3H3. The molecule has 0 bridgehead atoms. The third kappa shape index (κ3) is 4.06. The molecule has 6 heteroatoms. The molecule has 0 aliphatic heterocycles. The molecule has 1 saturated carbocycles. The molecule has 134 valence electrons. The molecular formula is C19H25N3O2S. The van der Waals surface area contributed by atoms with Gasteiger partial charge in [-0.1, -0.05) is 31.0 Å². The van der Waals surface area contributed by atoms with Gasteiger partial charge in [0.05, 0.1) is 7.11 Å². The van der Waals surface area contributed by atoms with Gasteiger partial charge < -0.3 is 9.30 Å². The zero-order valence-electron chi connectivity index (χ0n) is 15.1. The van der Waals surface area contributed by atoms with Crippen LogP contribution in [0.4, 0.5) is 0 Å². The minimum absolute atomic E-state index is 0.0649. The molecule has 0 saturated heterocycles. The SMILES string of the molecule is COc1ccc(C(C)=O)cc1CSc1nnc(C)n1C1CCCCC1. The van der Waals surface area contributed by atoms with E-state index in [1.165, 1.54) is 32.1 Å². The number of carbonyl (C=O) groups excluding carboxylic acids is 1. The van der Waals surface area contributed by atoms with Gasteiger partial charge in [0.2, 0.25) is 0 Å². The maximum atomic E-state index is 11.7. The second kappa shape index (κ2) is 8.04. The van der Waals surface area contributed by atoms with E-state index in [1.807, 2.05) is 25.1 Å². The van der Waals surface area contributed by atoms with Gasteiger partial charge in [-0.15, -0.1) is 10.2 Å². The van der Waals surface area contributed by atoms with Crippen molar-refractivity contribution in [2.24, 2.45) is 0 Å². The maximum Gasteiger partial charge on any atom is 0.191 e. The fourth-order valence-corrected chi connectivity index (χ4v) is 4.49. The molecule has 25 heavy (non-hydrogen) atoms. The number of rotatable bonds is 6. The van der Waals surface area contributed by atoms with Crippen LogP contribution in [-0.2, 0) is 5.75 Å². The molecule has 3 rings (SSSR count). The number of ether oxygens (including phenoxy) is 1. The van der Waals surface area contributed by atoms with Crippen molar-refractivity contribution in [3.63, 3.8) is 0 Å². The summed E-state index contributed by atoms with van der Waals surface area (Å²) in [5, 5.41) is 9.64. The Kier molecular flexibility index (Phi) is 5.78. The van der Waals surface area contributed by atoms with Crippen molar-refractivity contribution in [3.8, 4) is 5.75 Å². The molecule has 0 unspecified atom stereocenters. The smallest absolute Gasteiger partial charge is 0.191 e. The average Bonchev–Trinajstić information content (AvgIpc) is 3.00. The third-order valence-electron chi connectivity index (χ3n) is 4.82. The first-order valence-electron chi connectivity index (χ1n) is 8.82. The number of ketones is 1. The monoisotopic (exact) mass is 359 g/mol. The molecule has 1 heterocycles. The van der Waals surface area contributed by atoms with Gasteiger partial charge in [0.25, 0.3) is 0 Å². The summed E-state index contributed by atoms with van der Waals surface area (Å²) in [4.78, 5) is 11.7. The number of aryl methyl sites for hydroxylation is 1. The molecule has 0 amide bonds. The minimum Gasteiger partial charge on any atom is -0.496 e. The molecule has 1 fully saturated rings. The predicted molar refractivity (Wildman–Crippen MR) is 99.4 cm³/mol. The number of hydrogen-bond acceptors (Lipinski definition) is 5. The Bertz CT molecular complexity index is 751. The fourth-order valence-electron chi connectivity index (χ4n) is 3.46. The van der Waals surface area contributed by atoms with Crippen molar-refractivity contribution in [3.05, 3.63) is 35.2 Å². The fraction of sp³-hybridized carbons (Fsp3) is 0.526. The van der Waals surface area contributed by atoms with Gasteiger partial charge in [-0.3, -0.25) is 4.79 Å². The lowest BCUT2D eigenvalue weighted by molar-refractivity contribution is 0.101. The number of Topliss-reactive ketones (excluding diaryl/α,β-unsaturated/α-hetero) is 1. The van der Waals surface area contributed by atoms with E-state index in [0.717, 1.165) is 22.3 Å². The second-order valence-corrected chi connectivity index (χ2v) is 7.51. The van der Waals surface area contributed by atoms with E-state index in [2.05, 4.69) is 14.8 Å². The van der Waals surface area contributed by atoms with Crippen molar-refractivity contribution >= 4 is 17.5 Å². The zero-order chi connectivity index (χ0) is 17.8. The van der Waals surface area contributed by atoms with E-state index < -0.39 is 0 Å². The number of benzene rings is 1. The number of carbonyl (C=O) groups is 1. The zero-order valence-corrected chi connectivity index (χ0v) is 15.9. The van der Waals surface area contributed by atoms with Gasteiger partial charge in [0, 0.05) is 22.9 Å². The van der Waals surface area contributed by atoms with Crippen molar-refractivity contribution in [2.45, 2.75) is 62.9 Å². The van der Waals surface area contributed by atoms with Crippen LogP contribution in [0.2, 0.25) is 0 Å². The lowest BCUT2D eigenvalue weighted by atomic mass is 9.95. The highest BCUT2D eigenvalue weighted by Gasteiger charge is 2.21. The number of hydrogen-bond donors (Lipinski definition) is 0. The first-order chi connectivity index (χ1) is 12.1. The van der Waals surface area contributed by atoms with Crippen molar-refractivity contribution in [2.75, 3.05) is 7.11 Å². The normalized spacial score (nSPS) is 15.3. The summed E-state index contributed by atoms with van der Waals surface area (Å²) >= 11 is 1.66. The molecule has 0 N–H and O–H groups in total. The minimum atomic E-state index is 0.0649. The van der Waals surface area contributed by atoms with Crippen molar-refractivity contribution < 1.29 is 9.53 Å². The topological polar surface area (TPSA) is 57.0 Å². The van der Waals surface area contributed by atoms with Gasteiger partial charge in [0.15, 0.2) is 10.9 Å². The van der Waals surface area contributed by atoms with Crippen LogP contribution in [0.1, 0.15) is 66.8 Å². The van der Waals surface area contributed by atoms with Crippen LogP contribution in [0.25, 0.3) is 0 Å². The average molecular weight is 359 g/mol. The molecule has 0 radical (unpaired) electrons. The molecule has 1 aliphatic carbocycles. The Morgan fingerprint density at radius 2 is 2.04 bits per heavy atom. The van der Waals surface area contributed by atoms with Crippen molar-refractivity contribution in [1.29, 1.82) is 0 Å². The van der Waals surface area contributed by atoms with Crippen LogP contribution < -0.4 is 4.74 Å². The summed E-state index contributed by atoms with van der Waals surface area (Å²) in [7, 11) is 1.66. The number of thioether (sulfide) groups is 1. The molecule has 5 nitrogen and oxygen atoms in total. The molecule has 1 aliphatic rings. The highest BCUT2D eigenvalue weighted by Crippen LogP contribution is 2.34. The largest absolute Gasteiger partial charge is 0.496 e. The Hall–Kier alpha value is -1.82. The van der Waals surface area contributed by atoms with Crippen LogP contribution >= 0.6 is 11.8 Å². The van der Waals surface area contributed by atoms with Gasteiger partial charge in [0.1, 0.15) is 11.6 Å². The number of nitrogens with zero attached hydrogens (tertiary/aromatic N) is 3.